The van der Waals surface area contributed by atoms with Crippen LogP contribution in [0.15, 0.2) is 91.5 Å². The molecule has 0 fully saturated rings. The smallest absolute Gasteiger partial charge is 0.261 e. The van der Waals surface area contributed by atoms with Gasteiger partial charge in [-0.3, -0.25) is 9.78 Å². The summed E-state index contributed by atoms with van der Waals surface area (Å²) < 4.78 is 26.1. The van der Waals surface area contributed by atoms with Crippen LogP contribution in [0.5, 0.6) is 17.2 Å². The summed E-state index contributed by atoms with van der Waals surface area (Å²) in [4.78, 5) is 25.2. The van der Waals surface area contributed by atoms with Crippen LogP contribution >= 0.6 is 0 Å². The lowest BCUT2D eigenvalue weighted by Crippen LogP contribution is -2.15. The van der Waals surface area contributed by atoms with Crippen molar-refractivity contribution in [3.63, 3.8) is 0 Å². The molecular formula is C27H20FN5O3. The van der Waals surface area contributed by atoms with Crippen molar-refractivity contribution >= 4 is 34.0 Å². The highest BCUT2D eigenvalue weighted by molar-refractivity contribution is 6.07. The van der Waals surface area contributed by atoms with Gasteiger partial charge in [0.25, 0.3) is 5.91 Å². The van der Waals surface area contributed by atoms with Gasteiger partial charge in [-0.25, -0.2) is 14.4 Å². The number of amides is 1. The van der Waals surface area contributed by atoms with Crippen LogP contribution in [0.4, 0.5) is 21.6 Å². The fourth-order valence-electron chi connectivity index (χ4n) is 3.55. The molecule has 0 aliphatic carbocycles. The van der Waals surface area contributed by atoms with Crippen molar-refractivity contribution in [1.29, 1.82) is 0 Å². The first-order chi connectivity index (χ1) is 17.6. The summed E-state index contributed by atoms with van der Waals surface area (Å²) in [5.74, 6) is 0.399. The summed E-state index contributed by atoms with van der Waals surface area (Å²) in [5.41, 5.74) is 1.89. The number of aromatic nitrogens is 3. The van der Waals surface area contributed by atoms with Crippen LogP contribution in [-0.4, -0.2) is 28.0 Å². The van der Waals surface area contributed by atoms with E-state index in [1.54, 1.807) is 49.7 Å². The number of pyridine rings is 1. The van der Waals surface area contributed by atoms with Crippen molar-refractivity contribution in [3.8, 4) is 17.2 Å². The normalized spacial score (nSPS) is 10.6. The van der Waals surface area contributed by atoms with Gasteiger partial charge in [0.15, 0.2) is 11.6 Å². The summed E-state index contributed by atoms with van der Waals surface area (Å²) in [6.45, 7) is 0. The molecule has 0 unspecified atom stereocenters. The molecule has 2 N–H and O–H groups in total. The maximum absolute atomic E-state index is 15.0. The van der Waals surface area contributed by atoms with Crippen molar-refractivity contribution < 1.29 is 18.7 Å². The van der Waals surface area contributed by atoms with Crippen LogP contribution in [-0.2, 0) is 0 Å². The van der Waals surface area contributed by atoms with Crippen molar-refractivity contribution in [1.82, 2.24) is 15.0 Å². The number of fused-ring (bicyclic) bond motifs is 1. The Hall–Kier alpha value is -5.05. The van der Waals surface area contributed by atoms with Crippen LogP contribution in [0, 0.1) is 5.82 Å². The fraction of sp³-hybridized carbons (Fsp3) is 0.0370. The van der Waals surface area contributed by atoms with Gasteiger partial charge >= 0.3 is 0 Å². The van der Waals surface area contributed by atoms with Gasteiger partial charge in [0.2, 0.25) is 0 Å². The minimum atomic E-state index is -0.595. The zero-order valence-corrected chi connectivity index (χ0v) is 19.1. The molecule has 0 saturated heterocycles. The Bertz CT molecular complexity index is 1550. The molecule has 36 heavy (non-hydrogen) atoms. The average Bonchev–Trinajstić information content (AvgIpc) is 2.91. The van der Waals surface area contributed by atoms with E-state index in [9.17, 15) is 9.18 Å². The monoisotopic (exact) mass is 481 g/mol. The van der Waals surface area contributed by atoms with Crippen LogP contribution in [0.25, 0.3) is 10.9 Å². The zero-order chi connectivity index (χ0) is 24.9. The maximum Gasteiger partial charge on any atom is 0.261 e. The van der Waals surface area contributed by atoms with Crippen molar-refractivity contribution in [2.75, 3.05) is 17.7 Å². The summed E-state index contributed by atoms with van der Waals surface area (Å²) in [6.07, 6.45) is 4.28. The van der Waals surface area contributed by atoms with Crippen LogP contribution in [0.2, 0.25) is 0 Å². The molecule has 1 amide bonds. The summed E-state index contributed by atoms with van der Waals surface area (Å²) in [6, 6.07) is 20.4. The van der Waals surface area contributed by atoms with E-state index < -0.39 is 11.7 Å². The number of rotatable bonds is 7. The number of nitrogens with one attached hydrogen (secondary N) is 2. The molecule has 0 spiro atoms. The predicted molar refractivity (Wildman–Crippen MR) is 134 cm³/mol. The van der Waals surface area contributed by atoms with Crippen molar-refractivity contribution in [3.05, 3.63) is 103 Å². The number of carbonyl (C=O) groups is 1. The van der Waals surface area contributed by atoms with Gasteiger partial charge < -0.3 is 20.1 Å². The highest BCUT2D eigenvalue weighted by atomic mass is 19.1. The molecule has 5 aromatic rings. The molecule has 2 heterocycles. The summed E-state index contributed by atoms with van der Waals surface area (Å²) in [5, 5.41) is 6.49. The first-order valence-electron chi connectivity index (χ1n) is 10.9. The van der Waals surface area contributed by atoms with E-state index in [4.69, 9.17) is 9.47 Å². The minimum absolute atomic E-state index is 0.0357. The highest BCUT2D eigenvalue weighted by Crippen LogP contribution is 2.33. The molecule has 0 atom stereocenters. The maximum atomic E-state index is 15.0. The summed E-state index contributed by atoms with van der Waals surface area (Å²) in [7, 11) is 1.58. The number of methoxy groups -OCH3 is 1. The largest absolute Gasteiger partial charge is 0.497 e. The molecule has 0 saturated carbocycles. The van der Waals surface area contributed by atoms with Crippen LogP contribution in [0.1, 0.15) is 10.4 Å². The number of nitrogens with zero attached hydrogens (tertiary/aromatic N) is 3. The lowest BCUT2D eigenvalue weighted by atomic mass is 10.2. The van der Waals surface area contributed by atoms with E-state index >= 15 is 0 Å². The van der Waals surface area contributed by atoms with Gasteiger partial charge in [-0.05, 0) is 42.5 Å². The van der Waals surface area contributed by atoms with E-state index in [0.717, 1.165) is 5.39 Å². The molecule has 2 aromatic heterocycles. The first kappa shape index (κ1) is 22.7. The lowest BCUT2D eigenvalue weighted by molar-refractivity contribution is 0.102. The van der Waals surface area contributed by atoms with E-state index in [1.807, 2.05) is 24.3 Å². The molecule has 0 radical (unpaired) electrons. The van der Waals surface area contributed by atoms with Crippen molar-refractivity contribution in [2.24, 2.45) is 0 Å². The number of para-hydroxylation sites is 1. The number of anilines is 3. The van der Waals surface area contributed by atoms with Gasteiger partial charge in [0.05, 0.1) is 12.6 Å². The molecule has 0 aliphatic heterocycles. The fourth-order valence-corrected chi connectivity index (χ4v) is 3.55. The second-order valence-corrected chi connectivity index (χ2v) is 7.67. The molecule has 9 heteroatoms. The third-order valence-electron chi connectivity index (χ3n) is 5.31. The lowest BCUT2D eigenvalue weighted by Gasteiger charge is -2.13. The SMILES string of the molecule is COc1ccc2c(Oc3ccc(Nc4ncncc4C(=O)Nc4ccccc4)cc3F)ccnc2c1. The van der Waals surface area contributed by atoms with Gasteiger partial charge in [0.1, 0.15) is 29.2 Å². The highest BCUT2D eigenvalue weighted by Gasteiger charge is 2.15. The Kier molecular flexibility index (Phi) is 6.35. The molecule has 8 nitrogen and oxygen atoms in total. The van der Waals surface area contributed by atoms with E-state index in [0.29, 0.717) is 28.4 Å². The second-order valence-electron chi connectivity index (χ2n) is 7.67. The first-order valence-corrected chi connectivity index (χ1v) is 10.9. The standard InChI is InChI=1S/C27H20FN5O3/c1-35-19-8-9-20-23(14-19)30-12-11-24(20)36-25-10-7-18(13-22(25)28)32-26-21(15-29-16-31-26)27(34)33-17-5-3-2-4-6-17/h2-16H,1H3,(H,33,34)(H,29,31,32). The van der Waals surface area contributed by atoms with E-state index in [1.165, 1.54) is 24.7 Å². The molecule has 0 aliphatic rings. The Morgan fingerprint density at radius 3 is 2.58 bits per heavy atom. The molecule has 3 aromatic carbocycles. The Morgan fingerprint density at radius 2 is 1.78 bits per heavy atom. The van der Waals surface area contributed by atoms with Crippen molar-refractivity contribution in [2.45, 2.75) is 0 Å². The van der Waals surface area contributed by atoms with E-state index in [2.05, 4.69) is 25.6 Å². The number of ether oxygens (including phenoxy) is 2. The molecular weight excluding hydrogens is 461 g/mol. The Labute approximate surface area is 205 Å². The Morgan fingerprint density at radius 1 is 0.917 bits per heavy atom. The van der Waals surface area contributed by atoms with Gasteiger partial charge in [-0.15, -0.1) is 0 Å². The van der Waals surface area contributed by atoms with Gasteiger partial charge in [-0.2, -0.15) is 0 Å². The molecule has 5 rings (SSSR count). The zero-order valence-electron chi connectivity index (χ0n) is 19.1. The third kappa shape index (κ3) is 4.90. The Balaban J connectivity index is 1.36. The summed E-state index contributed by atoms with van der Waals surface area (Å²) >= 11 is 0. The average molecular weight is 481 g/mol. The minimum Gasteiger partial charge on any atom is -0.497 e. The van der Waals surface area contributed by atoms with Gasteiger partial charge in [-0.1, -0.05) is 18.2 Å². The number of hydrogen-bond donors (Lipinski definition) is 2. The van der Waals surface area contributed by atoms with Crippen LogP contribution in [0.3, 0.4) is 0 Å². The number of carbonyl (C=O) groups excluding carboxylic acids is 1. The van der Waals surface area contributed by atoms with E-state index in [-0.39, 0.29) is 17.1 Å². The number of halogens is 1. The predicted octanol–water partition coefficient (Wildman–Crippen LogP) is 5.96. The molecule has 0 bridgehead atoms. The van der Waals surface area contributed by atoms with Gasteiger partial charge in [0, 0.05) is 41.3 Å². The second kappa shape index (κ2) is 10.1. The van der Waals surface area contributed by atoms with Crippen LogP contribution < -0.4 is 20.1 Å². The topological polar surface area (TPSA) is 98.3 Å². The third-order valence-corrected chi connectivity index (χ3v) is 5.31. The quantitative estimate of drug-likeness (QED) is 0.296. The molecule has 178 valence electrons. The number of benzene rings is 3. The number of hydrogen-bond acceptors (Lipinski definition) is 7.